The molecule has 1 aromatic carbocycles. The van der Waals surface area contributed by atoms with Crippen LogP contribution in [-0.2, 0) is 6.18 Å². The van der Waals surface area contributed by atoms with Gasteiger partial charge in [-0.1, -0.05) is 0 Å². The number of nitrogens with one attached hydrogen (secondary N) is 1. The van der Waals surface area contributed by atoms with Gasteiger partial charge in [-0.05, 0) is 49.1 Å². The zero-order chi connectivity index (χ0) is 14.0. The van der Waals surface area contributed by atoms with Crippen molar-refractivity contribution in [1.82, 2.24) is 5.32 Å². The zero-order valence-electron chi connectivity index (χ0n) is 11.2. The third kappa shape index (κ3) is 3.21. The van der Waals surface area contributed by atoms with Gasteiger partial charge in [-0.2, -0.15) is 13.2 Å². The molecule has 1 fully saturated rings. The second kappa shape index (κ2) is 5.41. The van der Waals surface area contributed by atoms with E-state index >= 15 is 0 Å². The van der Waals surface area contributed by atoms with Gasteiger partial charge >= 0.3 is 6.18 Å². The van der Waals surface area contributed by atoms with Gasteiger partial charge in [0.1, 0.15) is 0 Å². The van der Waals surface area contributed by atoms with E-state index in [0.29, 0.717) is 12.1 Å². The minimum atomic E-state index is -4.28. The van der Waals surface area contributed by atoms with E-state index in [-0.39, 0.29) is 5.92 Å². The maximum absolute atomic E-state index is 13.1. The van der Waals surface area contributed by atoms with Gasteiger partial charge in [-0.15, -0.1) is 0 Å². The van der Waals surface area contributed by atoms with Crippen molar-refractivity contribution in [3.8, 4) is 0 Å². The Bertz CT molecular complexity index is 435. The van der Waals surface area contributed by atoms with Crippen molar-refractivity contribution < 1.29 is 13.2 Å². The molecule has 0 amide bonds. The molecule has 1 heterocycles. The highest BCUT2D eigenvalue weighted by molar-refractivity contribution is 5.52. The van der Waals surface area contributed by atoms with E-state index in [0.717, 1.165) is 25.1 Å². The summed E-state index contributed by atoms with van der Waals surface area (Å²) in [5, 5.41) is 3.18. The molecule has 0 spiro atoms. The predicted octanol–water partition coefficient (Wildman–Crippen LogP) is 3.24. The normalized spacial score (nSPS) is 20.4. The Morgan fingerprint density at radius 2 is 2.00 bits per heavy atom. The lowest BCUT2D eigenvalue weighted by molar-refractivity contribution is -0.138. The van der Waals surface area contributed by atoms with Gasteiger partial charge in [0.25, 0.3) is 0 Å². The van der Waals surface area contributed by atoms with E-state index in [4.69, 9.17) is 0 Å². The second-order valence-electron chi connectivity index (χ2n) is 5.21. The van der Waals surface area contributed by atoms with Crippen LogP contribution in [0.15, 0.2) is 18.2 Å². The number of hydrogen-bond donors (Lipinski definition) is 1. The number of halogens is 3. The fourth-order valence-corrected chi connectivity index (χ4v) is 2.54. The van der Waals surface area contributed by atoms with Crippen molar-refractivity contribution in [3.63, 3.8) is 0 Å². The monoisotopic (exact) mass is 272 g/mol. The Morgan fingerprint density at radius 1 is 1.26 bits per heavy atom. The SMILES string of the molecule is CN(C)c1ccc(C(F)(F)F)c(C2CCCNC2)c1. The highest BCUT2D eigenvalue weighted by atomic mass is 19.4. The minimum absolute atomic E-state index is 0.0507. The maximum atomic E-state index is 13.1. The average molecular weight is 272 g/mol. The van der Waals surface area contributed by atoms with Crippen molar-refractivity contribution in [2.45, 2.75) is 24.9 Å². The van der Waals surface area contributed by atoms with Crippen molar-refractivity contribution in [2.75, 3.05) is 32.1 Å². The summed E-state index contributed by atoms with van der Waals surface area (Å²) in [7, 11) is 3.68. The molecule has 1 saturated heterocycles. The lowest BCUT2D eigenvalue weighted by atomic mass is 9.87. The molecule has 0 aromatic heterocycles. The first kappa shape index (κ1) is 14.2. The van der Waals surface area contributed by atoms with E-state index in [9.17, 15) is 13.2 Å². The highest BCUT2D eigenvalue weighted by Crippen LogP contribution is 2.38. The molecule has 1 unspecified atom stereocenters. The Balaban J connectivity index is 2.43. The largest absolute Gasteiger partial charge is 0.416 e. The van der Waals surface area contributed by atoms with Gasteiger partial charge in [0, 0.05) is 26.3 Å². The smallest absolute Gasteiger partial charge is 0.378 e. The first-order valence-electron chi connectivity index (χ1n) is 6.49. The zero-order valence-corrected chi connectivity index (χ0v) is 11.2. The quantitative estimate of drug-likeness (QED) is 0.889. The molecule has 1 atom stereocenters. The first-order chi connectivity index (χ1) is 8.89. The van der Waals surface area contributed by atoms with Crippen LogP contribution < -0.4 is 10.2 Å². The van der Waals surface area contributed by atoms with Gasteiger partial charge in [0.2, 0.25) is 0 Å². The molecule has 1 aliphatic rings. The highest BCUT2D eigenvalue weighted by Gasteiger charge is 2.35. The summed E-state index contributed by atoms with van der Waals surface area (Å²) in [6.07, 6.45) is -2.54. The van der Waals surface area contributed by atoms with E-state index in [2.05, 4.69) is 5.32 Å². The molecule has 1 N–H and O–H groups in total. The number of rotatable bonds is 2. The fraction of sp³-hybridized carbons (Fsp3) is 0.571. The van der Waals surface area contributed by atoms with Crippen molar-refractivity contribution in [1.29, 1.82) is 0 Å². The van der Waals surface area contributed by atoms with E-state index in [1.165, 1.54) is 12.1 Å². The van der Waals surface area contributed by atoms with Crippen molar-refractivity contribution in [3.05, 3.63) is 29.3 Å². The number of hydrogen-bond acceptors (Lipinski definition) is 2. The summed E-state index contributed by atoms with van der Waals surface area (Å²) < 4.78 is 39.3. The molecule has 0 saturated carbocycles. The van der Waals surface area contributed by atoms with E-state index < -0.39 is 11.7 Å². The Hall–Kier alpha value is -1.23. The van der Waals surface area contributed by atoms with Crippen LogP contribution in [0.5, 0.6) is 0 Å². The summed E-state index contributed by atoms with van der Waals surface area (Å²) in [4.78, 5) is 1.83. The predicted molar refractivity (Wildman–Crippen MR) is 70.6 cm³/mol. The van der Waals surface area contributed by atoms with Gasteiger partial charge in [-0.3, -0.25) is 0 Å². The molecular formula is C14H19F3N2. The third-order valence-electron chi connectivity index (χ3n) is 3.59. The van der Waals surface area contributed by atoms with Crippen LogP contribution in [0.3, 0.4) is 0 Å². The summed E-state index contributed by atoms with van der Waals surface area (Å²) >= 11 is 0. The molecule has 2 nitrogen and oxygen atoms in total. The lowest BCUT2D eigenvalue weighted by Gasteiger charge is -2.27. The van der Waals surface area contributed by atoms with Gasteiger partial charge in [0.15, 0.2) is 0 Å². The second-order valence-corrected chi connectivity index (χ2v) is 5.21. The molecule has 1 aliphatic heterocycles. The number of alkyl halides is 3. The molecular weight excluding hydrogens is 253 g/mol. The lowest BCUT2D eigenvalue weighted by Crippen LogP contribution is -2.30. The summed E-state index contributed by atoms with van der Waals surface area (Å²) in [5.74, 6) is -0.0507. The molecule has 0 bridgehead atoms. The average Bonchev–Trinajstić information content (AvgIpc) is 2.38. The number of anilines is 1. The van der Waals surface area contributed by atoms with E-state index in [1.54, 1.807) is 6.07 Å². The summed E-state index contributed by atoms with van der Waals surface area (Å²) in [5.41, 5.74) is 0.742. The van der Waals surface area contributed by atoms with Crippen LogP contribution in [0, 0.1) is 0 Å². The van der Waals surface area contributed by atoms with E-state index in [1.807, 2.05) is 19.0 Å². The van der Waals surface area contributed by atoms with Gasteiger partial charge in [-0.25, -0.2) is 0 Å². The first-order valence-corrected chi connectivity index (χ1v) is 6.49. The van der Waals surface area contributed by atoms with Crippen molar-refractivity contribution >= 4 is 5.69 Å². The van der Waals surface area contributed by atoms with Crippen LogP contribution in [0.25, 0.3) is 0 Å². The third-order valence-corrected chi connectivity index (χ3v) is 3.59. The standard InChI is InChI=1S/C14H19F3N2/c1-19(2)11-5-6-13(14(15,16)17)12(8-11)10-4-3-7-18-9-10/h5-6,8,10,18H,3-4,7,9H2,1-2H3. The molecule has 0 radical (unpaired) electrons. The van der Waals surface area contributed by atoms with Crippen LogP contribution >= 0.6 is 0 Å². The Kier molecular flexibility index (Phi) is 4.04. The Morgan fingerprint density at radius 3 is 2.53 bits per heavy atom. The molecule has 0 aliphatic carbocycles. The van der Waals surface area contributed by atoms with Crippen molar-refractivity contribution in [2.24, 2.45) is 0 Å². The molecule has 1 aromatic rings. The van der Waals surface area contributed by atoms with Crippen LogP contribution in [0.1, 0.15) is 29.9 Å². The topological polar surface area (TPSA) is 15.3 Å². The van der Waals surface area contributed by atoms with Crippen LogP contribution in [0.2, 0.25) is 0 Å². The number of piperidine rings is 1. The molecule has 5 heteroatoms. The minimum Gasteiger partial charge on any atom is -0.378 e. The maximum Gasteiger partial charge on any atom is 0.416 e. The Labute approximate surface area is 111 Å². The summed E-state index contributed by atoms with van der Waals surface area (Å²) in [6.45, 7) is 1.52. The fourth-order valence-electron chi connectivity index (χ4n) is 2.54. The van der Waals surface area contributed by atoms with Crippen LogP contribution in [0.4, 0.5) is 18.9 Å². The molecule has 19 heavy (non-hydrogen) atoms. The molecule has 106 valence electrons. The van der Waals surface area contributed by atoms with Gasteiger partial charge < -0.3 is 10.2 Å². The van der Waals surface area contributed by atoms with Gasteiger partial charge in [0.05, 0.1) is 5.56 Å². The molecule has 2 rings (SSSR count). The number of nitrogens with zero attached hydrogens (tertiary/aromatic N) is 1. The number of benzene rings is 1. The van der Waals surface area contributed by atoms with Crippen LogP contribution in [-0.4, -0.2) is 27.2 Å². The summed E-state index contributed by atoms with van der Waals surface area (Å²) in [6, 6.07) is 4.42.